The number of ketones is 1. The molecule has 0 unspecified atom stereocenters. The van der Waals surface area contributed by atoms with Crippen LogP contribution in [0, 0.1) is 11.8 Å². The Morgan fingerprint density at radius 1 is 1.29 bits per heavy atom. The summed E-state index contributed by atoms with van der Waals surface area (Å²) in [6.45, 7) is 3.08. The van der Waals surface area contributed by atoms with Gasteiger partial charge in [-0.1, -0.05) is 6.07 Å². The van der Waals surface area contributed by atoms with Crippen molar-refractivity contribution in [1.29, 1.82) is 0 Å². The van der Waals surface area contributed by atoms with Crippen molar-refractivity contribution in [3.8, 4) is 5.75 Å². The van der Waals surface area contributed by atoms with Gasteiger partial charge in [-0.2, -0.15) is 0 Å². The number of hydrogen-bond acceptors (Lipinski definition) is 3. The minimum atomic E-state index is 0.0228. The molecule has 1 fully saturated rings. The lowest BCUT2D eigenvalue weighted by molar-refractivity contribution is -0.121. The smallest absolute Gasteiger partial charge is 0.254 e. The molecule has 0 bridgehead atoms. The molecule has 2 aliphatic rings. The average Bonchev–Trinajstić information content (AvgIpc) is 2.76. The molecule has 1 N–H and O–H groups in total. The highest BCUT2D eigenvalue weighted by atomic mass is 16.3. The van der Waals surface area contributed by atoms with E-state index in [4.69, 9.17) is 0 Å². The Hall–Kier alpha value is -1.84. The summed E-state index contributed by atoms with van der Waals surface area (Å²) in [5.41, 5.74) is 1.63. The zero-order chi connectivity index (χ0) is 15.0. The van der Waals surface area contributed by atoms with Crippen molar-refractivity contribution < 1.29 is 14.7 Å². The van der Waals surface area contributed by atoms with Gasteiger partial charge in [0.25, 0.3) is 5.91 Å². The van der Waals surface area contributed by atoms with E-state index < -0.39 is 0 Å². The molecule has 4 nitrogen and oxygen atoms in total. The van der Waals surface area contributed by atoms with Gasteiger partial charge < -0.3 is 10.0 Å². The highest BCUT2D eigenvalue weighted by Crippen LogP contribution is 2.32. The van der Waals surface area contributed by atoms with Crippen molar-refractivity contribution in [3.63, 3.8) is 0 Å². The Morgan fingerprint density at radius 3 is 2.67 bits per heavy atom. The van der Waals surface area contributed by atoms with E-state index >= 15 is 0 Å². The predicted octanol–water partition coefficient (Wildman–Crippen LogP) is 2.74. The van der Waals surface area contributed by atoms with Crippen LogP contribution >= 0.6 is 0 Å². The summed E-state index contributed by atoms with van der Waals surface area (Å²) in [4.78, 5) is 25.6. The molecule has 0 saturated heterocycles. The monoisotopic (exact) mass is 287 g/mol. The van der Waals surface area contributed by atoms with E-state index in [0.717, 1.165) is 37.8 Å². The number of nitrogens with zero attached hydrogens (tertiary/aromatic N) is 1. The van der Waals surface area contributed by atoms with Gasteiger partial charge in [0.15, 0.2) is 0 Å². The lowest BCUT2D eigenvalue weighted by Gasteiger charge is -2.30. The quantitative estimate of drug-likeness (QED) is 0.930. The first-order valence-electron chi connectivity index (χ1n) is 7.66. The molecule has 1 aliphatic carbocycles. The van der Waals surface area contributed by atoms with E-state index in [1.165, 1.54) is 0 Å². The fourth-order valence-corrected chi connectivity index (χ4v) is 3.56. The molecular weight excluding hydrogens is 266 g/mol. The van der Waals surface area contributed by atoms with E-state index in [0.29, 0.717) is 23.8 Å². The predicted molar refractivity (Wildman–Crippen MR) is 79.0 cm³/mol. The lowest BCUT2D eigenvalue weighted by Crippen LogP contribution is -2.32. The SMILES string of the molecule is CC(=O)C1CCC(CN2Cc3ccc(O)cc3C2=O)CC1. The molecule has 1 aliphatic heterocycles. The summed E-state index contributed by atoms with van der Waals surface area (Å²) >= 11 is 0. The molecular formula is C17H21NO3. The number of carbonyl (C=O) groups excluding carboxylic acids is 2. The van der Waals surface area contributed by atoms with Crippen LogP contribution in [0.3, 0.4) is 0 Å². The summed E-state index contributed by atoms with van der Waals surface area (Å²) in [7, 11) is 0. The second-order valence-electron chi connectivity index (χ2n) is 6.36. The first kappa shape index (κ1) is 14.1. The largest absolute Gasteiger partial charge is 0.508 e. The first-order chi connectivity index (χ1) is 10.0. The highest BCUT2D eigenvalue weighted by molar-refractivity contribution is 5.98. The lowest BCUT2D eigenvalue weighted by atomic mass is 9.80. The van der Waals surface area contributed by atoms with Crippen molar-refractivity contribution in [2.24, 2.45) is 11.8 Å². The molecule has 1 aromatic carbocycles. The topological polar surface area (TPSA) is 57.6 Å². The molecule has 1 heterocycles. The van der Waals surface area contributed by atoms with Gasteiger partial charge in [-0.15, -0.1) is 0 Å². The number of carbonyl (C=O) groups is 2. The minimum Gasteiger partial charge on any atom is -0.508 e. The number of benzene rings is 1. The number of hydrogen-bond donors (Lipinski definition) is 1. The number of fused-ring (bicyclic) bond motifs is 1. The van der Waals surface area contributed by atoms with Crippen LogP contribution in [0.5, 0.6) is 5.75 Å². The maximum atomic E-state index is 12.4. The summed E-state index contributed by atoms with van der Waals surface area (Å²) in [6.07, 6.45) is 3.96. The molecule has 0 atom stereocenters. The second kappa shape index (κ2) is 5.51. The van der Waals surface area contributed by atoms with Gasteiger partial charge in [0.05, 0.1) is 0 Å². The zero-order valence-corrected chi connectivity index (χ0v) is 12.3. The number of Topliss-reactive ketones (excluding diaryl/α,β-unsaturated/α-hetero) is 1. The Bertz CT molecular complexity index is 573. The van der Waals surface area contributed by atoms with Crippen molar-refractivity contribution in [2.75, 3.05) is 6.54 Å². The molecule has 21 heavy (non-hydrogen) atoms. The Balaban J connectivity index is 1.61. The van der Waals surface area contributed by atoms with Gasteiger partial charge in [-0.05, 0) is 56.2 Å². The van der Waals surface area contributed by atoms with E-state index in [2.05, 4.69) is 0 Å². The molecule has 0 radical (unpaired) electrons. The summed E-state index contributed by atoms with van der Waals surface area (Å²) in [5.74, 6) is 1.19. The third kappa shape index (κ3) is 2.80. The van der Waals surface area contributed by atoms with E-state index in [1.54, 1.807) is 19.1 Å². The van der Waals surface area contributed by atoms with Crippen molar-refractivity contribution in [3.05, 3.63) is 29.3 Å². The number of rotatable bonds is 3. The van der Waals surface area contributed by atoms with Gasteiger partial charge in [-0.3, -0.25) is 9.59 Å². The summed E-state index contributed by atoms with van der Waals surface area (Å²) in [6, 6.07) is 5.02. The van der Waals surface area contributed by atoms with E-state index in [9.17, 15) is 14.7 Å². The maximum Gasteiger partial charge on any atom is 0.254 e. The minimum absolute atomic E-state index is 0.0228. The Kier molecular flexibility index (Phi) is 3.70. The molecule has 4 heteroatoms. The summed E-state index contributed by atoms with van der Waals surface area (Å²) < 4.78 is 0. The molecule has 112 valence electrons. The average molecular weight is 287 g/mol. The van der Waals surface area contributed by atoms with Crippen LogP contribution in [0.25, 0.3) is 0 Å². The molecule has 1 amide bonds. The number of phenols is 1. The first-order valence-corrected chi connectivity index (χ1v) is 7.66. The fraction of sp³-hybridized carbons (Fsp3) is 0.529. The number of phenolic OH excluding ortho intramolecular Hbond substituents is 1. The third-order valence-corrected chi connectivity index (χ3v) is 4.87. The van der Waals surface area contributed by atoms with Crippen molar-refractivity contribution in [1.82, 2.24) is 4.90 Å². The van der Waals surface area contributed by atoms with Gasteiger partial charge >= 0.3 is 0 Å². The maximum absolute atomic E-state index is 12.4. The van der Waals surface area contributed by atoms with Gasteiger partial charge in [0, 0.05) is 24.6 Å². The standard InChI is InChI=1S/C17H21NO3/c1-11(19)13-4-2-12(3-5-13)9-18-10-14-6-7-15(20)8-16(14)17(18)21/h6-8,12-13,20H,2-5,9-10H2,1H3. The summed E-state index contributed by atoms with van der Waals surface area (Å²) in [5, 5.41) is 9.50. The normalized spacial score (nSPS) is 25.0. The highest BCUT2D eigenvalue weighted by Gasteiger charge is 2.31. The van der Waals surface area contributed by atoms with Crippen molar-refractivity contribution >= 4 is 11.7 Å². The van der Waals surface area contributed by atoms with Crippen LogP contribution in [0.2, 0.25) is 0 Å². The van der Waals surface area contributed by atoms with Crippen LogP contribution in [-0.2, 0) is 11.3 Å². The third-order valence-electron chi connectivity index (χ3n) is 4.87. The molecule has 0 spiro atoms. The Labute approximate surface area is 124 Å². The van der Waals surface area contributed by atoms with Crippen molar-refractivity contribution in [2.45, 2.75) is 39.2 Å². The molecule has 3 rings (SSSR count). The van der Waals surface area contributed by atoms with Gasteiger partial charge in [0.2, 0.25) is 0 Å². The van der Waals surface area contributed by atoms with Crippen LogP contribution in [-0.4, -0.2) is 28.2 Å². The van der Waals surface area contributed by atoms with E-state index in [-0.39, 0.29) is 17.6 Å². The Morgan fingerprint density at radius 2 is 2.00 bits per heavy atom. The van der Waals surface area contributed by atoms with Crippen LogP contribution in [0.15, 0.2) is 18.2 Å². The molecule has 1 saturated carbocycles. The zero-order valence-electron chi connectivity index (χ0n) is 12.3. The molecule has 0 aromatic heterocycles. The number of amides is 1. The fourth-order valence-electron chi connectivity index (χ4n) is 3.56. The second-order valence-corrected chi connectivity index (χ2v) is 6.36. The van der Waals surface area contributed by atoms with E-state index in [1.807, 2.05) is 11.0 Å². The molecule has 1 aromatic rings. The van der Waals surface area contributed by atoms with Crippen LogP contribution in [0.4, 0.5) is 0 Å². The number of aromatic hydroxyl groups is 1. The van der Waals surface area contributed by atoms with Crippen LogP contribution < -0.4 is 0 Å². The van der Waals surface area contributed by atoms with Crippen LogP contribution in [0.1, 0.15) is 48.5 Å². The van der Waals surface area contributed by atoms with Gasteiger partial charge in [0.1, 0.15) is 11.5 Å². The van der Waals surface area contributed by atoms with Gasteiger partial charge in [-0.25, -0.2) is 0 Å².